The average molecular weight is 268 g/mol. The number of hydrogen-bond donors (Lipinski definition) is 1. The first-order valence-corrected chi connectivity index (χ1v) is 5.50. The summed E-state index contributed by atoms with van der Waals surface area (Å²) in [7, 11) is 0. The van der Waals surface area contributed by atoms with E-state index in [-0.39, 0.29) is 6.54 Å². The first-order chi connectivity index (χ1) is 8.49. The fraction of sp³-hybridized carbons (Fsp3) is 0.182. The zero-order valence-electron chi connectivity index (χ0n) is 9.50. The zero-order chi connectivity index (χ0) is 13.3. The largest absolute Gasteiger partial charge is 0.619 e. The van der Waals surface area contributed by atoms with Crippen LogP contribution >= 0.6 is 11.6 Å². The number of carboxylic acids is 1. The maximum Gasteiger partial charge on any atom is 0.325 e. The Morgan fingerprint density at radius 1 is 1.67 bits per heavy atom. The summed E-state index contributed by atoms with van der Waals surface area (Å²) in [4.78, 5) is 10.7. The minimum absolute atomic E-state index is 0.268. The number of aliphatic carboxylic acids is 1. The van der Waals surface area contributed by atoms with Crippen LogP contribution in [-0.2, 0) is 11.3 Å². The van der Waals surface area contributed by atoms with E-state index < -0.39 is 5.97 Å². The van der Waals surface area contributed by atoms with E-state index in [4.69, 9.17) is 16.7 Å². The van der Waals surface area contributed by atoms with Crippen LogP contribution in [0, 0.1) is 12.1 Å². The van der Waals surface area contributed by atoms with Gasteiger partial charge in [0.2, 0.25) is 0 Å². The number of pyridine rings is 1. The smallest absolute Gasteiger partial charge is 0.325 e. The van der Waals surface area contributed by atoms with Gasteiger partial charge in [-0.2, -0.15) is 9.83 Å². The van der Waals surface area contributed by atoms with Crippen LogP contribution in [0.5, 0.6) is 0 Å². The Labute approximate surface area is 108 Å². The lowest BCUT2D eigenvalue weighted by Gasteiger charge is -1.98. The summed E-state index contributed by atoms with van der Waals surface area (Å²) in [5, 5.41) is 24.4. The topological polar surface area (TPSA) is 82.1 Å². The normalized spacial score (nSPS) is 10.6. The number of carboxylic acid groups (broad SMARTS) is 1. The van der Waals surface area contributed by atoms with Gasteiger partial charge in [0.15, 0.2) is 12.4 Å². The lowest BCUT2D eigenvalue weighted by atomic mass is 10.2. The number of carbonyl (C=O) groups is 1. The molecule has 0 unspecified atom stereocenters. The van der Waals surface area contributed by atoms with E-state index >= 15 is 0 Å². The molecule has 0 aliphatic heterocycles. The van der Waals surface area contributed by atoms with Crippen molar-refractivity contribution in [2.24, 2.45) is 0 Å². The molecule has 0 radical (unpaired) electrons. The SMILES string of the molecule is Cc1c(Cl)c(-c2ccc[n+]([O-])c2)nn1CC(=O)O. The van der Waals surface area contributed by atoms with Crippen LogP contribution in [0.1, 0.15) is 5.69 Å². The van der Waals surface area contributed by atoms with Gasteiger partial charge in [-0.05, 0) is 13.0 Å². The molecule has 2 rings (SSSR count). The van der Waals surface area contributed by atoms with Crippen LogP contribution in [0.25, 0.3) is 11.3 Å². The summed E-state index contributed by atoms with van der Waals surface area (Å²) in [6.07, 6.45) is 2.68. The molecular weight excluding hydrogens is 258 g/mol. The maximum absolute atomic E-state index is 11.2. The molecule has 0 atom stereocenters. The van der Waals surface area contributed by atoms with Crippen LogP contribution in [0.15, 0.2) is 24.5 Å². The average Bonchev–Trinajstić information content (AvgIpc) is 2.57. The molecule has 2 heterocycles. The van der Waals surface area contributed by atoms with Gasteiger partial charge in [0, 0.05) is 6.07 Å². The van der Waals surface area contributed by atoms with Crippen LogP contribution in [0.3, 0.4) is 0 Å². The molecule has 2 aromatic heterocycles. The van der Waals surface area contributed by atoms with Crippen molar-refractivity contribution in [1.82, 2.24) is 9.78 Å². The van der Waals surface area contributed by atoms with Gasteiger partial charge in [-0.3, -0.25) is 9.48 Å². The minimum Gasteiger partial charge on any atom is -0.619 e. The highest BCUT2D eigenvalue weighted by Gasteiger charge is 2.17. The number of hydrogen-bond acceptors (Lipinski definition) is 3. The molecule has 0 saturated heterocycles. The Hall–Kier alpha value is -2.08. The van der Waals surface area contributed by atoms with Gasteiger partial charge >= 0.3 is 5.97 Å². The molecule has 94 valence electrons. The second kappa shape index (κ2) is 4.66. The maximum atomic E-state index is 11.2. The highest BCUT2D eigenvalue weighted by Crippen LogP contribution is 2.28. The lowest BCUT2D eigenvalue weighted by Crippen LogP contribution is -2.24. The monoisotopic (exact) mass is 267 g/mol. The van der Waals surface area contributed by atoms with Crippen molar-refractivity contribution in [3.05, 3.63) is 40.5 Å². The molecule has 6 nitrogen and oxygen atoms in total. The molecule has 0 aliphatic carbocycles. The first kappa shape index (κ1) is 12.4. The van der Waals surface area contributed by atoms with Crippen molar-refractivity contribution in [3.8, 4) is 11.3 Å². The Kier molecular flexibility index (Phi) is 3.20. The van der Waals surface area contributed by atoms with Crippen LogP contribution in [-0.4, -0.2) is 20.9 Å². The van der Waals surface area contributed by atoms with Gasteiger partial charge in [0.25, 0.3) is 0 Å². The molecule has 7 heteroatoms. The molecule has 2 aromatic rings. The van der Waals surface area contributed by atoms with Gasteiger partial charge in [-0.25, -0.2) is 0 Å². The molecule has 0 fully saturated rings. The van der Waals surface area contributed by atoms with Crippen LogP contribution in [0.4, 0.5) is 0 Å². The molecule has 0 spiro atoms. The first-order valence-electron chi connectivity index (χ1n) is 5.13. The van der Waals surface area contributed by atoms with Crippen molar-refractivity contribution < 1.29 is 14.6 Å². The van der Waals surface area contributed by atoms with Gasteiger partial charge in [0.05, 0.1) is 16.3 Å². The predicted octanol–water partition coefficient (Wildman–Crippen LogP) is 1.23. The van der Waals surface area contributed by atoms with Crippen molar-refractivity contribution in [2.45, 2.75) is 13.5 Å². The number of rotatable bonds is 3. The molecule has 0 bridgehead atoms. The minimum atomic E-state index is -1.00. The van der Waals surface area contributed by atoms with Gasteiger partial charge in [-0.15, -0.1) is 0 Å². The highest BCUT2D eigenvalue weighted by atomic mass is 35.5. The molecule has 0 amide bonds. The molecule has 0 aromatic carbocycles. The summed E-state index contributed by atoms with van der Waals surface area (Å²) in [6.45, 7) is 1.41. The van der Waals surface area contributed by atoms with Crippen LogP contribution in [0.2, 0.25) is 5.02 Å². The molecule has 1 N–H and O–H groups in total. The van der Waals surface area contributed by atoms with Gasteiger partial charge in [0.1, 0.15) is 12.2 Å². The predicted molar refractivity (Wildman–Crippen MR) is 64.0 cm³/mol. The Morgan fingerprint density at radius 2 is 2.39 bits per heavy atom. The summed E-state index contributed by atoms with van der Waals surface area (Å²) in [5.74, 6) is -1.00. The standard InChI is InChI=1S/C11H10ClN3O3/c1-7-10(12)11(13-15(7)6-9(16)17)8-3-2-4-14(18)5-8/h2-5H,6H2,1H3,(H,16,17). The lowest BCUT2D eigenvalue weighted by molar-refractivity contribution is -0.604. The van der Waals surface area contributed by atoms with E-state index in [0.29, 0.717) is 26.7 Å². The Morgan fingerprint density at radius 3 is 3.00 bits per heavy atom. The zero-order valence-corrected chi connectivity index (χ0v) is 10.3. The quantitative estimate of drug-likeness (QED) is 0.670. The molecule has 0 aliphatic rings. The van der Waals surface area contributed by atoms with Gasteiger partial charge < -0.3 is 10.3 Å². The highest BCUT2D eigenvalue weighted by molar-refractivity contribution is 6.33. The summed E-state index contributed by atoms with van der Waals surface area (Å²) in [5.41, 5.74) is 1.50. The summed E-state index contributed by atoms with van der Waals surface area (Å²) in [6, 6.07) is 3.26. The van der Waals surface area contributed by atoms with Gasteiger partial charge in [-0.1, -0.05) is 11.6 Å². The summed E-state index contributed by atoms with van der Waals surface area (Å²) < 4.78 is 1.93. The molecular formula is C11H10ClN3O3. The fourth-order valence-electron chi connectivity index (χ4n) is 1.59. The third-order valence-corrected chi connectivity index (χ3v) is 2.92. The number of nitrogens with zero attached hydrogens (tertiary/aromatic N) is 3. The van der Waals surface area contributed by atoms with Crippen molar-refractivity contribution in [1.29, 1.82) is 0 Å². The fourth-order valence-corrected chi connectivity index (χ4v) is 1.83. The second-order valence-electron chi connectivity index (χ2n) is 3.75. The van der Waals surface area contributed by atoms with E-state index in [0.717, 1.165) is 0 Å². The number of halogens is 1. The summed E-state index contributed by atoms with van der Waals surface area (Å²) >= 11 is 6.10. The Bertz CT molecular complexity index is 610. The Balaban J connectivity index is 2.49. The van der Waals surface area contributed by atoms with E-state index in [1.54, 1.807) is 19.1 Å². The second-order valence-corrected chi connectivity index (χ2v) is 4.13. The number of aromatic nitrogens is 3. The third-order valence-electron chi connectivity index (χ3n) is 2.47. The molecule has 18 heavy (non-hydrogen) atoms. The van der Waals surface area contributed by atoms with E-state index in [2.05, 4.69) is 5.10 Å². The molecule has 0 saturated carbocycles. The van der Waals surface area contributed by atoms with E-state index in [1.807, 2.05) is 0 Å². The van der Waals surface area contributed by atoms with Crippen molar-refractivity contribution in [3.63, 3.8) is 0 Å². The third kappa shape index (κ3) is 2.28. The van der Waals surface area contributed by atoms with E-state index in [1.165, 1.54) is 17.1 Å². The van der Waals surface area contributed by atoms with E-state index in [9.17, 15) is 10.0 Å². The van der Waals surface area contributed by atoms with Crippen molar-refractivity contribution >= 4 is 17.6 Å². The van der Waals surface area contributed by atoms with Crippen LogP contribution < -0.4 is 4.73 Å². The van der Waals surface area contributed by atoms with Crippen molar-refractivity contribution in [2.75, 3.05) is 0 Å².